The lowest BCUT2D eigenvalue weighted by Gasteiger charge is -2.33. The maximum atomic E-state index is 6.95. The molecule has 6 aromatic heterocycles. The first kappa shape index (κ1) is 67.7. The first-order valence-electron chi connectivity index (χ1n) is 42.0. The third-order valence-electron chi connectivity index (χ3n) is 27.2. The highest BCUT2D eigenvalue weighted by molar-refractivity contribution is 7.26. The molecule has 0 radical (unpaired) electrons. The molecule has 20 aromatic carbocycles. The van der Waals surface area contributed by atoms with Gasteiger partial charge in [-0.25, -0.2) is 0 Å². The highest BCUT2D eigenvalue weighted by Crippen LogP contribution is 2.61. The largest absolute Gasteiger partial charge is 0.456 e. The number of hydrogen-bond donors (Lipinski definition) is 0. The molecule has 568 valence electrons. The van der Waals surface area contributed by atoms with Crippen molar-refractivity contribution in [3.05, 3.63) is 409 Å². The molecular weight excluding hydrogens is 1510 g/mol. The van der Waals surface area contributed by atoms with E-state index in [9.17, 15) is 0 Å². The van der Waals surface area contributed by atoms with Gasteiger partial charge in [0.05, 0.1) is 5.41 Å². The molecule has 6 heterocycles. The first-order valence-corrected chi connectivity index (χ1v) is 42.8. The van der Waals surface area contributed by atoms with E-state index in [0.717, 1.165) is 116 Å². The maximum absolute atomic E-state index is 6.95. The monoisotopic (exact) mass is 1570 g/mol. The molecule has 0 saturated heterocycles. The highest BCUT2D eigenvalue weighted by Gasteiger charge is 2.47. The van der Waals surface area contributed by atoms with E-state index in [2.05, 4.69) is 366 Å². The van der Waals surface area contributed by atoms with Crippen LogP contribution in [0.1, 0.15) is 47.2 Å². The van der Waals surface area contributed by atoms with Gasteiger partial charge in [0.1, 0.15) is 55.8 Å². The molecule has 0 amide bonds. The van der Waals surface area contributed by atoms with Crippen LogP contribution >= 0.6 is 11.3 Å². The molecule has 26 aromatic rings. The van der Waals surface area contributed by atoms with Gasteiger partial charge in [-0.15, -0.1) is 11.3 Å². The summed E-state index contributed by atoms with van der Waals surface area (Å²) in [6.07, 6.45) is 0. The fraction of sp³-hybridized carbons (Fsp3) is 0.0345. The van der Waals surface area contributed by atoms with Gasteiger partial charge in [0.15, 0.2) is 0 Å². The standard InChI is InChI=1S/C63H36O3.C53H32O2S/c1-3-15-39(16-4-1)63(40-17-5-2-6-18-40)49-25-13-11-23-45(49)59-50(63)31-32-52-60(59)47-29-27-37(35-55(47)65-52)57-41-19-7-9-21-43(41)58(44-22-10-8-20-42(44)57)38-28-30-48-56(36-38)66-54-34-33-53-61(62(48)54)46-24-12-14-26-51(46)64-53;1-53(2)39-17-9-7-15-35(39)49-40(53)22-24-42-50(49)36-21-19-30(28-44(36)55-42)48-33-13-5-3-11-31(33)47(32-12-4-6-14-34(32)48)29-20-23-41-38(27-29)51-43(54-41)25-26-46-52(51)37-16-8-10-18-45(37)56-46/h1-36H;3-28H,1-2H3. The molecule has 0 aliphatic heterocycles. The summed E-state index contributed by atoms with van der Waals surface area (Å²) in [5.74, 6) is 0. The van der Waals surface area contributed by atoms with Crippen molar-refractivity contribution < 1.29 is 22.1 Å². The number of para-hydroxylation sites is 1. The summed E-state index contributed by atoms with van der Waals surface area (Å²) in [7, 11) is 0. The van der Waals surface area contributed by atoms with Crippen LogP contribution in [0.25, 0.3) is 240 Å². The average Bonchev–Trinajstić information content (AvgIpc) is 1.51. The molecule has 2 aliphatic rings. The summed E-state index contributed by atoms with van der Waals surface area (Å²) in [6.45, 7) is 4.67. The maximum Gasteiger partial charge on any atom is 0.136 e. The Hall–Kier alpha value is -15.3. The van der Waals surface area contributed by atoms with Crippen LogP contribution in [-0.4, -0.2) is 0 Å². The van der Waals surface area contributed by atoms with Gasteiger partial charge in [0.25, 0.3) is 0 Å². The predicted molar refractivity (Wildman–Crippen MR) is 509 cm³/mol. The quantitative estimate of drug-likeness (QED) is 0.155. The van der Waals surface area contributed by atoms with Gasteiger partial charge in [-0.3, -0.25) is 0 Å². The lowest BCUT2D eigenvalue weighted by molar-refractivity contribution is 0.656. The van der Waals surface area contributed by atoms with Crippen molar-refractivity contribution in [3.8, 4) is 66.8 Å². The third-order valence-corrected chi connectivity index (χ3v) is 28.3. The van der Waals surface area contributed by atoms with Crippen molar-refractivity contribution in [2.45, 2.75) is 24.7 Å². The normalized spacial score (nSPS) is 13.5. The smallest absolute Gasteiger partial charge is 0.136 e. The zero-order valence-corrected chi connectivity index (χ0v) is 67.1. The molecule has 0 fully saturated rings. The second-order valence-corrected chi connectivity index (χ2v) is 34.8. The van der Waals surface area contributed by atoms with Gasteiger partial charge in [0.2, 0.25) is 0 Å². The zero-order valence-electron chi connectivity index (χ0n) is 66.2. The average molecular weight is 1570 g/mol. The number of furan rings is 5. The van der Waals surface area contributed by atoms with E-state index in [1.165, 1.54) is 157 Å². The highest BCUT2D eigenvalue weighted by atomic mass is 32.1. The Morgan fingerprint density at radius 1 is 0.189 bits per heavy atom. The van der Waals surface area contributed by atoms with Crippen molar-refractivity contribution in [2.75, 3.05) is 0 Å². The third kappa shape index (κ3) is 9.25. The SMILES string of the molecule is CC1(C)c2ccccc2-c2c1ccc1oc3cc(-c4c5ccccc5c(-c5ccc6oc7ccc8sc9ccccc9c8c7c6c5)c5ccccc45)ccc3c21.c1ccc(C2(c3ccccc3)c3ccccc3-c3c2ccc2oc4cc(-c5c6ccccc6c(-c6ccc7c(c6)oc6ccc8oc9ccccc9c8c67)c6ccccc56)ccc4c32)cc1. The molecule has 6 heteroatoms. The summed E-state index contributed by atoms with van der Waals surface area (Å²) in [4.78, 5) is 0. The minimum absolute atomic E-state index is 0.0665. The Labute approximate surface area is 702 Å². The van der Waals surface area contributed by atoms with Crippen LogP contribution in [0.4, 0.5) is 0 Å². The molecule has 0 spiro atoms. The van der Waals surface area contributed by atoms with Crippen LogP contribution in [0, 0.1) is 0 Å². The fourth-order valence-corrected chi connectivity index (χ4v) is 23.3. The van der Waals surface area contributed by atoms with E-state index in [-0.39, 0.29) is 5.41 Å². The Kier molecular flexibility index (Phi) is 13.9. The lowest BCUT2D eigenvalue weighted by atomic mass is 9.67. The molecule has 5 nitrogen and oxygen atoms in total. The summed E-state index contributed by atoms with van der Waals surface area (Å²) in [5, 5.41) is 23.5. The summed E-state index contributed by atoms with van der Waals surface area (Å²) in [6, 6.07) is 137. The topological polar surface area (TPSA) is 65.7 Å². The van der Waals surface area contributed by atoms with E-state index >= 15 is 0 Å². The fourth-order valence-electron chi connectivity index (χ4n) is 22.1. The summed E-state index contributed by atoms with van der Waals surface area (Å²) in [5.41, 5.74) is 30.7. The van der Waals surface area contributed by atoms with E-state index in [1.54, 1.807) is 0 Å². The van der Waals surface area contributed by atoms with Crippen LogP contribution in [0.5, 0.6) is 0 Å². The number of fused-ring (bicyclic) bond motifs is 32. The van der Waals surface area contributed by atoms with Crippen molar-refractivity contribution in [1.29, 1.82) is 0 Å². The van der Waals surface area contributed by atoms with E-state index in [1.807, 2.05) is 35.6 Å². The predicted octanol–water partition coefficient (Wildman–Crippen LogP) is 33.2. The molecule has 0 atom stereocenters. The van der Waals surface area contributed by atoms with Crippen LogP contribution in [0.2, 0.25) is 0 Å². The van der Waals surface area contributed by atoms with E-state index in [4.69, 9.17) is 22.1 Å². The number of rotatable bonds is 6. The van der Waals surface area contributed by atoms with Gasteiger partial charge in [-0.2, -0.15) is 0 Å². The Morgan fingerprint density at radius 3 is 1.02 bits per heavy atom. The molecule has 0 unspecified atom stereocenters. The molecule has 28 rings (SSSR count). The summed E-state index contributed by atoms with van der Waals surface area (Å²) < 4.78 is 35.8. The Balaban J connectivity index is 0.000000130. The second-order valence-electron chi connectivity index (χ2n) is 33.7. The first-order chi connectivity index (χ1) is 60.3. The van der Waals surface area contributed by atoms with Crippen molar-refractivity contribution in [1.82, 2.24) is 0 Å². The van der Waals surface area contributed by atoms with E-state index < -0.39 is 5.41 Å². The molecule has 0 bridgehead atoms. The van der Waals surface area contributed by atoms with Crippen molar-refractivity contribution >= 4 is 184 Å². The molecule has 2 aliphatic carbocycles. The van der Waals surface area contributed by atoms with Gasteiger partial charge >= 0.3 is 0 Å². The molecule has 0 saturated carbocycles. The van der Waals surface area contributed by atoms with Crippen molar-refractivity contribution in [2.24, 2.45) is 0 Å². The summed E-state index contributed by atoms with van der Waals surface area (Å²) >= 11 is 1.85. The number of thiophene rings is 1. The minimum Gasteiger partial charge on any atom is -0.456 e. The van der Waals surface area contributed by atoms with Crippen LogP contribution in [0.3, 0.4) is 0 Å². The molecule has 0 N–H and O–H groups in total. The van der Waals surface area contributed by atoms with Gasteiger partial charge in [-0.1, -0.05) is 293 Å². The van der Waals surface area contributed by atoms with Crippen LogP contribution in [-0.2, 0) is 10.8 Å². The zero-order chi connectivity index (χ0) is 80.0. The number of benzene rings is 20. The molecular formula is C116H68O5S. The lowest BCUT2D eigenvalue weighted by Crippen LogP contribution is -2.28. The van der Waals surface area contributed by atoms with E-state index in [0.29, 0.717) is 0 Å². The Morgan fingerprint density at radius 2 is 0.516 bits per heavy atom. The molecule has 122 heavy (non-hydrogen) atoms. The van der Waals surface area contributed by atoms with Crippen LogP contribution < -0.4 is 0 Å². The van der Waals surface area contributed by atoms with Gasteiger partial charge in [0, 0.05) is 79.4 Å². The minimum atomic E-state index is -0.484. The van der Waals surface area contributed by atoms with Crippen molar-refractivity contribution in [3.63, 3.8) is 0 Å². The van der Waals surface area contributed by atoms with Gasteiger partial charge in [-0.05, 0) is 240 Å². The van der Waals surface area contributed by atoms with Gasteiger partial charge < -0.3 is 22.1 Å². The Bertz CT molecular complexity index is 8910. The number of hydrogen-bond acceptors (Lipinski definition) is 6. The van der Waals surface area contributed by atoms with Crippen LogP contribution in [0.15, 0.2) is 398 Å². The second kappa shape index (κ2) is 25.1.